The molecule has 2 nitrogen and oxygen atoms in total. The Bertz CT molecular complexity index is 358. The highest BCUT2D eigenvalue weighted by Crippen LogP contribution is 2.27. The van der Waals surface area contributed by atoms with E-state index in [-0.39, 0.29) is 0 Å². The molecule has 0 saturated heterocycles. The lowest BCUT2D eigenvalue weighted by Crippen LogP contribution is -2.35. The number of alkyl halides is 3. The van der Waals surface area contributed by atoms with E-state index in [1.54, 1.807) is 0 Å². The van der Waals surface area contributed by atoms with Crippen molar-refractivity contribution in [3.8, 4) is 5.88 Å². The minimum absolute atomic E-state index is 0.296. The average Bonchev–Trinajstić information content (AvgIpc) is 2.09. The zero-order chi connectivity index (χ0) is 11.6. The molecule has 0 radical (unpaired) electrons. The van der Waals surface area contributed by atoms with E-state index < -0.39 is 24.0 Å². The molecule has 7 heteroatoms. The van der Waals surface area contributed by atoms with Gasteiger partial charge in [0.15, 0.2) is 5.82 Å². The van der Waals surface area contributed by atoms with E-state index >= 15 is 0 Å². The molecule has 15 heavy (non-hydrogen) atoms. The van der Waals surface area contributed by atoms with Gasteiger partial charge in [-0.05, 0) is 22.0 Å². The summed E-state index contributed by atoms with van der Waals surface area (Å²) in [5.74, 6) is -5.08. The maximum atomic E-state index is 13.0. The van der Waals surface area contributed by atoms with Gasteiger partial charge < -0.3 is 4.74 Å². The SMILES string of the molecule is CC(F)(Oc1ncc(Br)cc1F)C(F)F. The Morgan fingerprint density at radius 1 is 1.53 bits per heavy atom. The number of hydrogen-bond donors (Lipinski definition) is 0. The summed E-state index contributed by atoms with van der Waals surface area (Å²) in [6.45, 7) is 0.501. The fourth-order valence-corrected chi connectivity index (χ4v) is 1.01. The van der Waals surface area contributed by atoms with Crippen LogP contribution < -0.4 is 4.74 Å². The second-order valence-corrected chi connectivity index (χ2v) is 3.74. The van der Waals surface area contributed by atoms with Crippen LogP contribution in [0.5, 0.6) is 5.88 Å². The number of rotatable bonds is 3. The molecule has 0 spiro atoms. The molecule has 0 aliphatic heterocycles. The lowest BCUT2D eigenvalue weighted by atomic mass is 10.4. The van der Waals surface area contributed by atoms with Crippen molar-refractivity contribution in [1.29, 1.82) is 0 Å². The summed E-state index contributed by atoms with van der Waals surface area (Å²) < 4.78 is 54.5. The standard InChI is InChI=1S/C8H6BrF4NO/c1-8(13,7(11)12)15-6-5(10)2-4(9)3-14-6/h2-3,7H,1H3. The number of ether oxygens (including phenoxy) is 1. The van der Waals surface area contributed by atoms with Gasteiger partial charge in [0.25, 0.3) is 5.88 Å². The van der Waals surface area contributed by atoms with Crippen LogP contribution in [0.1, 0.15) is 6.92 Å². The van der Waals surface area contributed by atoms with E-state index in [1.807, 2.05) is 0 Å². The first-order valence-corrected chi connectivity index (χ1v) is 4.59. The van der Waals surface area contributed by atoms with E-state index in [0.717, 1.165) is 12.3 Å². The first kappa shape index (κ1) is 12.2. The number of halogens is 5. The summed E-state index contributed by atoms with van der Waals surface area (Å²) in [6.07, 6.45) is -2.28. The maximum absolute atomic E-state index is 13.0. The maximum Gasteiger partial charge on any atom is 0.307 e. The summed E-state index contributed by atoms with van der Waals surface area (Å²) in [7, 11) is 0. The lowest BCUT2D eigenvalue weighted by Gasteiger charge is -2.20. The van der Waals surface area contributed by atoms with Gasteiger partial charge in [-0.3, -0.25) is 0 Å². The summed E-state index contributed by atoms with van der Waals surface area (Å²) in [5.41, 5.74) is 0. The smallest absolute Gasteiger partial charge is 0.307 e. The van der Waals surface area contributed by atoms with Gasteiger partial charge in [-0.1, -0.05) is 0 Å². The van der Waals surface area contributed by atoms with Crippen molar-refractivity contribution in [2.75, 3.05) is 0 Å². The van der Waals surface area contributed by atoms with E-state index in [2.05, 4.69) is 25.7 Å². The quantitative estimate of drug-likeness (QED) is 0.796. The van der Waals surface area contributed by atoms with E-state index in [1.165, 1.54) is 0 Å². The summed E-state index contributed by atoms with van der Waals surface area (Å²) in [6, 6.07) is 0.934. The van der Waals surface area contributed by atoms with Gasteiger partial charge in [0.2, 0.25) is 0 Å². The van der Waals surface area contributed by atoms with E-state index in [4.69, 9.17) is 0 Å². The van der Waals surface area contributed by atoms with E-state index in [0.29, 0.717) is 11.4 Å². The molecule has 1 unspecified atom stereocenters. The highest BCUT2D eigenvalue weighted by molar-refractivity contribution is 9.10. The monoisotopic (exact) mass is 287 g/mol. The molecule has 1 heterocycles. The third-order valence-electron chi connectivity index (χ3n) is 1.46. The number of aromatic nitrogens is 1. The second-order valence-electron chi connectivity index (χ2n) is 2.83. The van der Waals surface area contributed by atoms with Crippen LogP contribution >= 0.6 is 15.9 Å². The predicted molar refractivity (Wildman–Crippen MR) is 48.0 cm³/mol. The van der Waals surface area contributed by atoms with Crippen LogP contribution in [0.15, 0.2) is 16.7 Å². The zero-order valence-electron chi connectivity index (χ0n) is 7.48. The van der Waals surface area contributed by atoms with Gasteiger partial charge in [0.1, 0.15) is 0 Å². The Balaban J connectivity index is 2.90. The normalized spacial score (nSPS) is 15.1. The molecular formula is C8H6BrF4NO. The number of hydrogen-bond acceptors (Lipinski definition) is 2. The van der Waals surface area contributed by atoms with Gasteiger partial charge in [-0.25, -0.2) is 18.2 Å². The van der Waals surface area contributed by atoms with Crippen molar-refractivity contribution in [2.24, 2.45) is 0 Å². The van der Waals surface area contributed by atoms with Crippen LogP contribution in [0.3, 0.4) is 0 Å². The van der Waals surface area contributed by atoms with Crippen molar-refractivity contribution >= 4 is 15.9 Å². The van der Waals surface area contributed by atoms with Crippen LogP contribution in [0, 0.1) is 5.82 Å². The summed E-state index contributed by atoms with van der Waals surface area (Å²) >= 11 is 2.90. The molecule has 0 saturated carbocycles. The molecule has 0 aromatic carbocycles. The molecular weight excluding hydrogens is 282 g/mol. The first-order valence-electron chi connectivity index (χ1n) is 3.80. The van der Waals surface area contributed by atoms with Gasteiger partial charge >= 0.3 is 12.3 Å². The largest absolute Gasteiger partial charge is 0.433 e. The van der Waals surface area contributed by atoms with Crippen LogP contribution in [0.25, 0.3) is 0 Å². The van der Waals surface area contributed by atoms with Crippen molar-refractivity contribution in [3.63, 3.8) is 0 Å². The van der Waals surface area contributed by atoms with Crippen LogP contribution in [-0.4, -0.2) is 17.3 Å². The molecule has 0 bridgehead atoms. The summed E-state index contributed by atoms with van der Waals surface area (Å²) in [4.78, 5) is 3.33. The lowest BCUT2D eigenvalue weighted by molar-refractivity contribution is -0.156. The molecule has 0 aliphatic carbocycles. The molecule has 0 amide bonds. The molecule has 84 valence electrons. The topological polar surface area (TPSA) is 22.1 Å². The third-order valence-corrected chi connectivity index (χ3v) is 1.89. The minimum Gasteiger partial charge on any atom is -0.433 e. The van der Waals surface area contributed by atoms with Crippen LogP contribution in [0.4, 0.5) is 17.6 Å². The number of pyridine rings is 1. The highest BCUT2D eigenvalue weighted by Gasteiger charge is 2.38. The Labute approximate surface area is 91.4 Å². The Morgan fingerprint density at radius 3 is 2.60 bits per heavy atom. The number of nitrogens with zero attached hydrogens (tertiary/aromatic N) is 1. The van der Waals surface area contributed by atoms with Crippen molar-refractivity contribution in [3.05, 3.63) is 22.6 Å². The van der Waals surface area contributed by atoms with Gasteiger partial charge in [-0.15, -0.1) is 0 Å². The predicted octanol–water partition coefficient (Wildman–Crippen LogP) is 3.31. The molecule has 1 atom stereocenters. The van der Waals surface area contributed by atoms with Gasteiger partial charge in [0, 0.05) is 17.6 Å². The molecule has 0 aliphatic rings. The van der Waals surface area contributed by atoms with Crippen LogP contribution in [0.2, 0.25) is 0 Å². The minimum atomic E-state index is -3.39. The van der Waals surface area contributed by atoms with Gasteiger partial charge in [-0.2, -0.15) is 4.39 Å². The fourth-order valence-electron chi connectivity index (χ4n) is 0.711. The summed E-state index contributed by atoms with van der Waals surface area (Å²) in [5, 5.41) is 0. The molecule has 1 aromatic heterocycles. The molecule has 0 N–H and O–H groups in total. The zero-order valence-corrected chi connectivity index (χ0v) is 9.06. The second kappa shape index (κ2) is 4.34. The molecule has 0 fully saturated rings. The van der Waals surface area contributed by atoms with E-state index in [9.17, 15) is 17.6 Å². The Kier molecular flexibility index (Phi) is 3.54. The fraction of sp³-hybridized carbons (Fsp3) is 0.375. The van der Waals surface area contributed by atoms with Crippen molar-refractivity contribution in [2.45, 2.75) is 19.2 Å². The average molecular weight is 288 g/mol. The van der Waals surface area contributed by atoms with Crippen molar-refractivity contribution < 1.29 is 22.3 Å². The first-order chi connectivity index (χ1) is 6.83. The molecule has 1 rings (SSSR count). The van der Waals surface area contributed by atoms with Crippen LogP contribution in [-0.2, 0) is 0 Å². The van der Waals surface area contributed by atoms with Gasteiger partial charge in [0.05, 0.1) is 0 Å². The molecule has 1 aromatic rings. The van der Waals surface area contributed by atoms with Crippen molar-refractivity contribution in [1.82, 2.24) is 4.98 Å². The Morgan fingerprint density at radius 2 is 2.13 bits per heavy atom. The highest BCUT2D eigenvalue weighted by atomic mass is 79.9. The third kappa shape index (κ3) is 3.05. The Hall–Kier alpha value is -0.850.